The molecule has 0 N–H and O–H groups in total. The van der Waals surface area contributed by atoms with Gasteiger partial charge in [-0.2, -0.15) is 0 Å². The molecule has 0 radical (unpaired) electrons. The van der Waals surface area contributed by atoms with Crippen molar-refractivity contribution in [3.63, 3.8) is 0 Å². The van der Waals surface area contributed by atoms with Crippen LogP contribution >= 0.6 is 0 Å². The van der Waals surface area contributed by atoms with Gasteiger partial charge in [0, 0.05) is 36.2 Å². The van der Waals surface area contributed by atoms with Crippen molar-refractivity contribution >= 4 is 5.69 Å². The van der Waals surface area contributed by atoms with E-state index in [9.17, 15) is 0 Å². The Morgan fingerprint density at radius 2 is 2.13 bits per heavy atom. The monoisotopic (exact) mass is 301 g/mol. The molecule has 1 atom stereocenters. The van der Waals surface area contributed by atoms with E-state index in [0.29, 0.717) is 17.5 Å². The van der Waals surface area contributed by atoms with Crippen molar-refractivity contribution in [1.82, 2.24) is 9.97 Å². The number of benzene rings is 1. The minimum Gasteiger partial charge on any atom is -0.441 e. The minimum atomic E-state index is 0.399. The standard InChI is InChI=1S/C19H15N3O/c1-20-15-6-4-5-14(11-15)19-22-17-12-13(8-9-18(17)23-19)16-7-2-3-10-21-16/h2-7,10-11,13H,8-9,12H2. The van der Waals surface area contributed by atoms with Crippen LogP contribution in [0, 0.1) is 6.57 Å². The van der Waals surface area contributed by atoms with E-state index in [1.165, 1.54) is 0 Å². The normalized spacial score (nSPS) is 16.6. The highest BCUT2D eigenvalue weighted by Crippen LogP contribution is 2.34. The fourth-order valence-corrected chi connectivity index (χ4v) is 3.08. The Hall–Kier alpha value is -2.93. The van der Waals surface area contributed by atoms with Crippen LogP contribution in [-0.2, 0) is 12.8 Å². The van der Waals surface area contributed by atoms with E-state index >= 15 is 0 Å². The molecule has 112 valence electrons. The highest BCUT2D eigenvalue weighted by molar-refractivity contribution is 5.62. The van der Waals surface area contributed by atoms with E-state index in [4.69, 9.17) is 11.0 Å². The van der Waals surface area contributed by atoms with E-state index in [0.717, 1.165) is 42.0 Å². The lowest BCUT2D eigenvalue weighted by Crippen LogP contribution is -2.13. The average Bonchev–Trinajstić information content (AvgIpc) is 3.06. The SMILES string of the molecule is [C-]#[N+]c1cccc(-c2nc3c(o2)CCC(c2ccccn2)C3)c1. The molecule has 0 bridgehead atoms. The summed E-state index contributed by atoms with van der Waals surface area (Å²) in [5, 5.41) is 0. The maximum Gasteiger partial charge on any atom is 0.225 e. The highest BCUT2D eigenvalue weighted by Gasteiger charge is 2.26. The summed E-state index contributed by atoms with van der Waals surface area (Å²) in [5.41, 5.74) is 3.61. The molecule has 0 fully saturated rings. The minimum absolute atomic E-state index is 0.399. The zero-order valence-electron chi connectivity index (χ0n) is 12.6. The van der Waals surface area contributed by atoms with Crippen LogP contribution < -0.4 is 0 Å². The third-order valence-electron chi connectivity index (χ3n) is 4.27. The van der Waals surface area contributed by atoms with Gasteiger partial charge in [-0.1, -0.05) is 24.3 Å². The number of hydrogen-bond acceptors (Lipinski definition) is 3. The van der Waals surface area contributed by atoms with Crippen LogP contribution in [0.4, 0.5) is 5.69 Å². The first kappa shape index (κ1) is 13.7. The molecule has 4 heteroatoms. The van der Waals surface area contributed by atoms with Gasteiger partial charge >= 0.3 is 0 Å². The smallest absolute Gasteiger partial charge is 0.225 e. The number of pyridine rings is 1. The van der Waals surface area contributed by atoms with Crippen LogP contribution in [0.5, 0.6) is 0 Å². The molecule has 0 amide bonds. The molecule has 3 aromatic rings. The number of rotatable bonds is 2. The van der Waals surface area contributed by atoms with Gasteiger partial charge in [0.1, 0.15) is 5.76 Å². The van der Waals surface area contributed by atoms with Crippen LogP contribution in [0.25, 0.3) is 16.3 Å². The summed E-state index contributed by atoms with van der Waals surface area (Å²) in [5.74, 6) is 1.98. The third-order valence-corrected chi connectivity index (χ3v) is 4.27. The van der Waals surface area contributed by atoms with Gasteiger partial charge in [0.15, 0.2) is 5.69 Å². The van der Waals surface area contributed by atoms with Crippen molar-refractivity contribution in [2.75, 3.05) is 0 Å². The van der Waals surface area contributed by atoms with E-state index in [1.807, 2.05) is 36.5 Å². The van der Waals surface area contributed by atoms with Gasteiger partial charge in [-0.3, -0.25) is 4.98 Å². The topological polar surface area (TPSA) is 43.3 Å². The second-order valence-corrected chi connectivity index (χ2v) is 5.75. The molecule has 2 heterocycles. The molecule has 4 nitrogen and oxygen atoms in total. The Kier molecular flexibility index (Phi) is 3.39. The van der Waals surface area contributed by atoms with Gasteiger partial charge in [0.05, 0.1) is 12.3 Å². The van der Waals surface area contributed by atoms with Crippen LogP contribution in [0.3, 0.4) is 0 Å². The average molecular weight is 301 g/mol. The van der Waals surface area contributed by atoms with Crippen LogP contribution in [0.2, 0.25) is 0 Å². The fraction of sp³-hybridized carbons (Fsp3) is 0.211. The Morgan fingerprint density at radius 1 is 1.17 bits per heavy atom. The number of hydrogen-bond donors (Lipinski definition) is 0. The first-order chi connectivity index (χ1) is 11.3. The number of oxazole rings is 1. The molecular formula is C19H15N3O. The molecule has 0 saturated carbocycles. The first-order valence-electron chi connectivity index (χ1n) is 7.71. The van der Waals surface area contributed by atoms with Gasteiger partial charge in [-0.15, -0.1) is 0 Å². The number of fused-ring (bicyclic) bond motifs is 1. The number of nitrogens with zero attached hydrogens (tertiary/aromatic N) is 3. The fourth-order valence-electron chi connectivity index (χ4n) is 3.08. The Labute approximate surface area is 134 Å². The predicted molar refractivity (Wildman–Crippen MR) is 87.2 cm³/mol. The molecule has 1 aliphatic rings. The van der Waals surface area contributed by atoms with Gasteiger partial charge in [-0.25, -0.2) is 9.83 Å². The molecule has 0 aliphatic heterocycles. The molecule has 0 spiro atoms. The maximum absolute atomic E-state index is 7.12. The van der Waals surface area contributed by atoms with Crippen molar-refractivity contribution < 1.29 is 4.42 Å². The molecule has 1 unspecified atom stereocenters. The van der Waals surface area contributed by atoms with E-state index in [-0.39, 0.29) is 0 Å². The summed E-state index contributed by atoms with van der Waals surface area (Å²) in [4.78, 5) is 12.6. The highest BCUT2D eigenvalue weighted by atomic mass is 16.4. The van der Waals surface area contributed by atoms with Gasteiger partial charge in [0.2, 0.25) is 5.89 Å². The lowest BCUT2D eigenvalue weighted by molar-refractivity contribution is 0.461. The zero-order valence-corrected chi connectivity index (χ0v) is 12.6. The molecule has 23 heavy (non-hydrogen) atoms. The quantitative estimate of drug-likeness (QED) is 0.652. The van der Waals surface area contributed by atoms with Crippen LogP contribution in [0.1, 0.15) is 29.5 Å². The van der Waals surface area contributed by atoms with E-state index in [2.05, 4.69) is 20.9 Å². The van der Waals surface area contributed by atoms with Gasteiger partial charge in [0.25, 0.3) is 0 Å². The summed E-state index contributed by atoms with van der Waals surface area (Å²) in [7, 11) is 0. The van der Waals surface area contributed by atoms with Crippen molar-refractivity contribution in [1.29, 1.82) is 0 Å². The third kappa shape index (κ3) is 2.62. The zero-order chi connectivity index (χ0) is 15.6. The predicted octanol–water partition coefficient (Wildman–Crippen LogP) is 4.56. The first-order valence-corrected chi connectivity index (χ1v) is 7.71. The van der Waals surface area contributed by atoms with Gasteiger partial charge in [-0.05, 0) is 24.6 Å². The summed E-state index contributed by atoms with van der Waals surface area (Å²) >= 11 is 0. The molecular weight excluding hydrogens is 286 g/mol. The maximum atomic E-state index is 7.12. The molecule has 0 saturated heterocycles. The second kappa shape index (κ2) is 5.69. The van der Waals surface area contributed by atoms with Gasteiger partial charge < -0.3 is 4.42 Å². The van der Waals surface area contributed by atoms with Crippen molar-refractivity contribution in [2.24, 2.45) is 0 Å². The molecule has 2 aromatic heterocycles. The van der Waals surface area contributed by atoms with E-state index in [1.54, 1.807) is 6.07 Å². The lowest BCUT2D eigenvalue weighted by atomic mass is 9.87. The number of aryl methyl sites for hydroxylation is 1. The lowest BCUT2D eigenvalue weighted by Gasteiger charge is -2.19. The second-order valence-electron chi connectivity index (χ2n) is 5.75. The summed E-state index contributed by atoms with van der Waals surface area (Å²) in [6.45, 7) is 7.12. The molecule has 4 rings (SSSR count). The van der Waals surface area contributed by atoms with Crippen molar-refractivity contribution in [3.8, 4) is 11.5 Å². The summed E-state index contributed by atoms with van der Waals surface area (Å²) in [6.07, 6.45) is 4.61. The van der Waals surface area contributed by atoms with Crippen molar-refractivity contribution in [2.45, 2.75) is 25.2 Å². The number of aromatic nitrogens is 2. The molecule has 1 aromatic carbocycles. The summed E-state index contributed by atoms with van der Waals surface area (Å²) < 4.78 is 5.94. The van der Waals surface area contributed by atoms with Crippen molar-refractivity contribution in [3.05, 3.63) is 77.2 Å². The Bertz CT molecular complexity index is 877. The Morgan fingerprint density at radius 3 is 2.96 bits per heavy atom. The van der Waals surface area contributed by atoms with Crippen LogP contribution in [0.15, 0.2) is 53.1 Å². The largest absolute Gasteiger partial charge is 0.441 e. The van der Waals surface area contributed by atoms with E-state index < -0.39 is 0 Å². The molecule has 1 aliphatic carbocycles. The Balaban J connectivity index is 1.64. The summed E-state index contributed by atoms with van der Waals surface area (Å²) in [6, 6.07) is 13.5. The van der Waals surface area contributed by atoms with Crippen LogP contribution in [-0.4, -0.2) is 9.97 Å².